The third-order valence-corrected chi connectivity index (χ3v) is 9.71. The summed E-state index contributed by atoms with van der Waals surface area (Å²) in [7, 11) is -1.52. The van der Waals surface area contributed by atoms with Gasteiger partial charge in [0.2, 0.25) is 0 Å². The van der Waals surface area contributed by atoms with E-state index in [-0.39, 0.29) is 11.9 Å². The molecule has 184 valence electrons. The molecule has 8 heteroatoms. The molecule has 6 rings (SSSR count). The highest BCUT2D eigenvalue weighted by atomic mass is 32.2. The monoisotopic (exact) mass is 494 g/mol. The maximum atomic E-state index is 13.4. The minimum atomic E-state index is -3.42. The SMILES string of the molecule is Cn1nc(-c2ccc3c(c2)C[C@H]2CC[C@@H](C3)[C@H]2NS(=O)(=O)N2CCCC2)cc1-c1ccc(F)cc1. The van der Waals surface area contributed by atoms with Gasteiger partial charge in [0, 0.05) is 31.7 Å². The van der Waals surface area contributed by atoms with Gasteiger partial charge in [0.15, 0.2) is 0 Å². The third kappa shape index (κ3) is 4.32. The average Bonchev–Trinajstić information content (AvgIpc) is 3.55. The van der Waals surface area contributed by atoms with Gasteiger partial charge in [-0.05, 0) is 103 Å². The maximum Gasteiger partial charge on any atom is 0.279 e. The van der Waals surface area contributed by atoms with E-state index in [4.69, 9.17) is 5.10 Å². The molecule has 1 N–H and O–H groups in total. The van der Waals surface area contributed by atoms with E-state index in [1.807, 2.05) is 17.8 Å². The number of hydrogen-bond donors (Lipinski definition) is 1. The highest BCUT2D eigenvalue weighted by molar-refractivity contribution is 7.87. The minimum absolute atomic E-state index is 0.00335. The molecule has 0 amide bonds. The van der Waals surface area contributed by atoms with E-state index in [0.29, 0.717) is 24.9 Å². The van der Waals surface area contributed by atoms with Crippen LogP contribution in [0.1, 0.15) is 36.8 Å². The second-order valence-corrected chi connectivity index (χ2v) is 12.0. The maximum absolute atomic E-state index is 13.4. The smallest absolute Gasteiger partial charge is 0.267 e. The van der Waals surface area contributed by atoms with Crippen LogP contribution in [0.25, 0.3) is 22.5 Å². The number of rotatable bonds is 5. The standard InChI is InChI=1S/C27H31FN4O2S/c1-31-26(18-8-10-24(28)11-9-18)17-25(29-31)20-5-4-19-14-21-6-7-22(16-23(19)15-20)27(21)30-35(33,34)32-12-2-3-13-32/h4-5,8-11,15,17,21-22,27,30H,2-3,6-7,12-14,16H2,1H3/t21-,22+,27+/m0/s1. The molecule has 6 nitrogen and oxygen atoms in total. The van der Waals surface area contributed by atoms with Crippen molar-refractivity contribution in [3.8, 4) is 22.5 Å². The molecule has 1 saturated heterocycles. The Balaban J connectivity index is 1.26. The van der Waals surface area contributed by atoms with Crippen LogP contribution < -0.4 is 4.72 Å². The molecule has 2 bridgehead atoms. The van der Waals surface area contributed by atoms with E-state index in [2.05, 4.69) is 22.9 Å². The van der Waals surface area contributed by atoms with Gasteiger partial charge in [-0.25, -0.2) is 4.39 Å². The Morgan fingerprint density at radius 2 is 1.57 bits per heavy atom. The first-order valence-electron chi connectivity index (χ1n) is 12.6. The van der Waals surface area contributed by atoms with E-state index < -0.39 is 10.2 Å². The van der Waals surface area contributed by atoms with Crippen molar-refractivity contribution >= 4 is 10.2 Å². The number of fused-ring (bicyclic) bond motifs is 3. The zero-order valence-electron chi connectivity index (χ0n) is 20.0. The molecule has 0 unspecified atom stereocenters. The summed E-state index contributed by atoms with van der Waals surface area (Å²) in [6.45, 7) is 1.26. The molecule has 2 aliphatic carbocycles. The predicted octanol–water partition coefficient (Wildman–Crippen LogP) is 4.32. The zero-order chi connectivity index (χ0) is 24.2. The molecular formula is C27H31FN4O2S. The first-order chi connectivity index (χ1) is 16.9. The van der Waals surface area contributed by atoms with Crippen molar-refractivity contribution in [2.24, 2.45) is 18.9 Å². The Hall–Kier alpha value is -2.55. The summed E-state index contributed by atoms with van der Waals surface area (Å²) in [5.41, 5.74) is 6.42. The fourth-order valence-corrected chi connectivity index (χ4v) is 7.85. The fraction of sp³-hybridized carbons (Fsp3) is 0.444. The number of aromatic nitrogens is 2. The van der Waals surface area contributed by atoms with Gasteiger partial charge in [-0.1, -0.05) is 12.1 Å². The van der Waals surface area contributed by atoms with Gasteiger partial charge in [0.05, 0.1) is 11.4 Å². The van der Waals surface area contributed by atoms with Gasteiger partial charge in [-0.2, -0.15) is 22.5 Å². The van der Waals surface area contributed by atoms with Crippen LogP contribution in [0.3, 0.4) is 0 Å². The van der Waals surface area contributed by atoms with Gasteiger partial charge in [-0.3, -0.25) is 4.68 Å². The second kappa shape index (κ2) is 8.84. The lowest BCUT2D eigenvalue weighted by atomic mass is 9.91. The first kappa shape index (κ1) is 22.9. The number of hydrogen-bond acceptors (Lipinski definition) is 3. The number of nitrogens with one attached hydrogen (secondary N) is 1. The van der Waals surface area contributed by atoms with E-state index in [9.17, 15) is 12.8 Å². The highest BCUT2D eigenvalue weighted by Gasteiger charge is 2.42. The largest absolute Gasteiger partial charge is 0.279 e. The summed E-state index contributed by atoms with van der Waals surface area (Å²) in [6, 6.07) is 15.1. The third-order valence-electron chi connectivity index (χ3n) is 8.10. The second-order valence-electron chi connectivity index (χ2n) is 10.3. The van der Waals surface area contributed by atoms with Crippen molar-refractivity contribution in [1.29, 1.82) is 0 Å². The molecule has 1 aromatic heterocycles. The fourth-order valence-electron chi connectivity index (χ4n) is 6.24. The van der Waals surface area contributed by atoms with E-state index in [0.717, 1.165) is 61.0 Å². The Morgan fingerprint density at radius 1 is 0.914 bits per heavy atom. The predicted molar refractivity (Wildman–Crippen MR) is 134 cm³/mol. The molecule has 1 saturated carbocycles. The molecule has 3 aliphatic rings. The van der Waals surface area contributed by atoms with Crippen LogP contribution in [0.2, 0.25) is 0 Å². The van der Waals surface area contributed by atoms with Crippen LogP contribution in [0.4, 0.5) is 4.39 Å². The van der Waals surface area contributed by atoms with Gasteiger partial charge in [0.25, 0.3) is 10.2 Å². The van der Waals surface area contributed by atoms with Gasteiger partial charge in [-0.15, -0.1) is 0 Å². The van der Waals surface area contributed by atoms with Crippen LogP contribution in [-0.2, 0) is 30.1 Å². The molecule has 2 fully saturated rings. The topological polar surface area (TPSA) is 67.2 Å². The normalized spacial score (nSPS) is 24.5. The number of benzene rings is 2. The van der Waals surface area contributed by atoms with Crippen molar-refractivity contribution in [2.45, 2.75) is 44.6 Å². The summed E-state index contributed by atoms with van der Waals surface area (Å²) in [5, 5.41) is 4.73. The van der Waals surface area contributed by atoms with Crippen LogP contribution in [0.5, 0.6) is 0 Å². The van der Waals surface area contributed by atoms with Crippen molar-refractivity contribution in [2.75, 3.05) is 13.1 Å². The van der Waals surface area contributed by atoms with E-state index in [1.165, 1.54) is 23.3 Å². The van der Waals surface area contributed by atoms with Crippen molar-refractivity contribution in [3.05, 3.63) is 65.5 Å². The number of nitrogens with zero attached hydrogens (tertiary/aromatic N) is 3. The van der Waals surface area contributed by atoms with Crippen LogP contribution in [-0.4, -0.2) is 41.6 Å². The number of aryl methyl sites for hydroxylation is 1. The van der Waals surface area contributed by atoms with Gasteiger partial charge in [0.1, 0.15) is 5.82 Å². The van der Waals surface area contributed by atoms with Crippen molar-refractivity contribution in [3.63, 3.8) is 0 Å². The average molecular weight is 495 g/mol. The molecule has 2 heterocycles. The van der Waals surface area contributed by atoms with E-state index >= 15 is 0 Å². The van der Waals surface area contributed by atoms with Gasteiger partial charge >= 0.3 is 0 Å². The molecule has 0 radical (unpaired) electrons. The molecule has 3 aromatic rings. The molecule has 35 heavy (non-hydrogen) atoms. The molecule has 1 aliphatic heterocycles. The summed E-state index contributed by atoms with van der Waals surface area (Å²) >= 11 is 0. The molecular weight excluding hydrogens is 463 g/mol. The lowest BCUT2D eigenvalue weighted by Crippen LogP contribution is -2.48. The Bertz CT molecular complexity index is 1350. The Labute approximate surface area is 206 Å². The zero-order valence-corrected chi connectivity index (χ0v) is 20.8. The Kier molecular flexibility index (Phi) is 5.78. The lowest BCUT2D eigenvalue weighted by molar-refractivity contribution is 0.369. The lowest BCUT2D eigenvalue weighted by Gasteiger charge is -2.26. The number of halogens is 1. The quantitative estimate of drug-likeness (QED) is 0.575. The summed E-state index contributed by atoms with van der Waals surface area (Å²) < 4.78 is 45.9. The minimum Gasteiger partial charge on any atom is -0.267 e. The summed E-state index contributed by atoms with van der Waals surface area (Å²) in [6.07, 6.45) is 5.80. The summed E-state index contributed by atoms with van der Waals surface area (Å²) in [5.74, 6) is 0.397. The van der Waals surface area contributed by atoms with Crippen molar-refractivity contribution in [1.82, 2.24) is 18.8 Å². The first-order valence-corrected chi connectivity index (χ1v) is 14.0. The van der Waals surface area contributed by atoms with Crippen LogP contribution in [0, 0.1) is 17.7 Å². The van der Waals surface area contributed by atoms with Crippen molar-refractivity contribution < 1.29 is 12.8 Å². The van der Waals surface area contributed by atoms with Gasteiger partial charge < -0.3 is 0 Å². The Morgan fingerprint density at radius 3 is 2.29 bits per heavy atom. The van der Waals surface area contributed by atoms with Crippen LogP contribution in [0.15, 0.2) is 48.5 Å². The molecule has 3 atom stereocenters. The summed E-state index contributed by atoms with van der Waals surface area (Å²) in [4.78, 5) is 0. The van der Waals surface area contributed by atoms with E-state index in [1.54, 1.807) is 16.4 Å². The van der Waals surface area contributed by atoms with Crippen LogP contribution >= 0.6 is 0 Å². The molecule has 0 spiro atoms. The molecule has 2 aromatic carbocycles. The highest BCUT2D eigenvalue weighted by Crippen LogP contribution is 2.41.